The van der Waals surface area contributed by atoms with Crippen LogP contribution in [0.15, 0.2) is 12.1 Å². The van der Waals surface area contributed by atoms with Gasteiger partial charge in [0.15, 0.2) is 6.29 Å². The van der Waals surface area contributed by atoms with Gasteiger partial charge in [-0.2, -0.15) is 13.2 Å². The minimum atomic E-state index is -4.94. The second-order valence-corrected chi connectivity index (χ2v) is 11.4. The monoisotopic (exact) mass is 600 g/mol. The summed E-state index contributed by atoms with van der Waals surface area (Å²) in [4.78, 5) is 42.9. The molecule has 42 heavy (non-hydrogen) atoms. The largest absolute Gasteiger partial charge is 0.473 e. The predicted octanol–water partition coefficient (Wildman–Crippen LogP) is 3.68. The predicted molar refractivity (Wildman–Crippen MR) is 145 cm³/mol. The highest BCUT2D eigenvalue weighted by atomic mass is 19.4. The Balaban J connectivity index is 1.73. The molecule has 3 aliphatic heterocycles. The molecular formula is C28H39F3N4O7. The molecule has 1 aromatic carbocycles. The number of carbonyl (C=O) groups excluding carboxylic acids is 2. The fourth-order valence-electron chi connectivity index (χ4n) is 5.81. The molecule has 4 rings (SSSR count). The molecule has 3 N–H and O–H groups in total. The first-order valence-electron chi connectivity index (χ1n) is 14.3. The van der Waals surface area contributed by atoms with Gasteiger partial charge in [0, 0.05) is 38.8 Å². The quantitative estimate of drug-likeness (QED) is 0.462. The summed E-state index contributed by atoms with van der Waals surface area (Å²) >= 11 is 0. The number of benzene rings is 1. The number of rotatable bonds is 8. The Kier molecular flexibility index (Phi) is 9.58. The van der Waals surface area contributed by atoms with Gasteiger partial charge < -0.3 is 39.8 Å². The number of hydrogen-bond donors (Lipinski definition) is 2. The molecule has 0 radical (unpaired) electrons. The Morgan fingerprint density at radius 2 is 1.98 bits per heavy atom. The summed E-state index contributed by atoms with van der Waals surface area (Å²) in [5.41, 5.74) is 2.24. The van der Waals surface area contributed by atoms with Crippen LogP contribution in [-0.4, -0.2) is 96.2 Å². The zero-order chi connectivity index (χ0) is 30.8. The number of halogens is 3. The Morgan fingerprint density at radius 1 is 1.24 bits per heavy atom. The van der Waals surface area contributed by atoms with E-state index < -0.39 is 59.2 Å². The molecule has 11 nitrogen and oxygen atoms in total. The Bertz CT molecular complexity index is 1170. The normalized spacial score (nSPS) is 24.8. The number of nitrogens with zero attached hydrogens (tertiary/aromatic N) is 3. The summed E-state index contributed by atoms with van der Waals surface area (Å²) in [6.07, 6.45) is -3.36. The molecule has 0 aliphatic carbocycles. The third kappa shape index (κ3) is 6.60. The molecule has 14 heteroatoms. The van der Waals surface area contributed by atoms with Gasteiger partial charge in [-0.3, -0.25) is 9.59 Å². The number of ether oxygens (including phenoxy) is 3. The molecular weight excluding hydrogens is 561 g/mol. The number of piperidine rings is 1. The molecule has 2 fully saturated rings. The maximum Gasteiger partial charge on any atom is 0.417 e. The lowest BCUT2D eigenvalue weighted by atomic mass is 9.96. The molecule has 3 amide bonds. The molecule has 0 bridgehead atoms. The van der Waals surface area contributed by atoms with Crippen LogP contribution in [0.3, 0.4) is 0 Å². The van der Waals surface area contributed by atoms with Gasteiger partial charge in [-0.05, 0) is 65.0 Å². The fourth-order valence-corrected chi connectivity index (χ4v) is 5.81. The lowest BCUT2D eigenvalue weighted by molar-refractivity contribution is -0.188. The molecule has 234 valence electrons. The topological polar surface area (TPSA) is 135 Å². The highest BCUT2D eigenvalue weighted by molar-refractivity contribution is 6.05. The molecule has 3 aliphatic rings. The standard InChI is InChI=1S/C28H39F3N4O7/c1-17(2)35(18-7-6-10-33(15-18)26(38)39)24(36)19-13-21-22(14-20(19)28(29,30)31)42-27(3,25(37)34(21)11-9-32)16-41-23-8-4-5-12-40-23/h13-14,17-18,23H,4-12,15-16,32H2,1-3H3,(H,38,39)/t18-,23?,27?/m1/s1. The van der Waals surface area contributed by atoms with Crippen molar-refractivity contribution in [1.82, 2.24) is 9.80 Å². The summed E-state index contributed by atoms with van der Waals surface area (Å²) < 4.78 is 60.8. The van der Waals surface area contributed by atoms with Crippen LogP contribution < -0.4 is 15.4 Å². The Hall–Kier alpha value is -3.10. The van der Waals surface area contributed by atoms with E-state index >= 15 is 0 Å². The molecule has 0 aromatic heterocycles. The molecule has 2 unspecified atom stereocenters. The average Bonchev–Trinajstić information content (AvgIpc) is 2.94. The van der Waals surface area contributed by atoms with Gasteiger partial charge in [0.2, 0.25) is 5.60 Å². The van der Waals surface area contributed by atoms with Crippen LogP contribution >= 0.6 is 0 Å². The van der Waals surface area contributed by atoms with Crippen molar-refractivity contribution in [3.05, 3.63) is 23.3 Å². The SMILES string of the molecule is CC(C)N(C(=O)c1cc2c(cc1C(F)(F)F)OC(C)(COC1CCCCO1)C(=O)N2CCN)[C@@H]1CCCN(C(=O)O)C1. The lowest BCUT2D eigenvalue weighted by Gasteiger charge is -2.42. The number of hydrogen-bond acceptors (Lipinski definition) is 7. The molecule has 2 saturated heterocycles. The van der Waals surface area contributed by atoms with E-state index in [1.807, 2.05) is 0 Å². The molecule has 3 heterocycles. The maximum absolute atomic E-state index is 14.5. The first-order valence-corrected chi connectivity index (χ1v) is 14.3. The van der Waals surface area contributed by atoms with Gasteiger partial charge in [-0.25, -0.2) is 4.79 Å². The van der Waals surface area contributed by atoms with Gasteiger partial charge >= 0.3 is 12.3 Å². The van der Waals surface area contributed by atoms with E-state index in [-0.39, 0.29) is 44.2 Å². The number of carboxylic acid groups (broad SMARTS) is 1. The van der Waals surface area contributed by atoms with Crippen molar-refractivity contribution in [2.24, 2.45) is 5.73 Å². The van der Waals surface area contributed by atoms with Gasteiger partial charge in [0.25, 0.3) is 11.8 Å². The van der Waals surface area contributed by atoms with Crippen molar-refractivity contribution in [2.75, 3.05) is 44.3 Å². The van der Waals surface area contributed by atoms with Crippen LogP contribution in [0, 0.1) is 0 Å². The number of nitrogens with two attached hydrogens (primary N) is 1. The van der Waals surface area contributed by atoms with Crippen LogP contribution in [0.2, 0.25) is 0 Å². The maximum atomic E-state index is 14.5. The second kappa shape index (κ2) is 12.6. The minimum Gasteiger partial charge on any atom is -0.473 e. The zero-order valence-corrected chi connectivity index (χ0v) is 24.1. The van der Waals surface area contributed by atoms with Gasteiger partial charge in [-0.15, -0.1) is 0 Å². The van der Waals surface area contributed by atoms with E-state index in [1.165, 1.54) is 16.7 Å². The van der Waals surface area contributed by atoms with Crippen molar-refractivity contribution in [3.63, 3.8) is 0 Å². The number of anilines is 1. The highest BCUT2D eigenvalue weighted by Gasteiger charge is 2.48. The van der Waals surface area contributed by atoms with Crippen molar-refractivity contribution < 1.29 is 46.9 Å². The van der Waals surface area contributed by atoms with E-state index in [4.69, 9.17) is 19.9 Å². The summed E-state index contributed by atoms with van der Waals surface area (Å²) in [5, 5.41) is 9.47. The molecule has 0 spiro atoms. The average molecular weight is 601 g/mol. The summed E-state index contributed by atoms with van der Waals surface area (Å²) in [5.74, 6) is -1.71. The van der Waals surface area contributed by atoms with Crippen molar-refractivity contribution >= 4 is 23.6 Å². The van der Waals surface area contributed by atoms with Crippen LogP contribution in [0.5, 0.6) is 5.75 Å². The zero-order valence-electron chi connectivity index (χ0n) is 24.1. The van der Waals surface area contributed by atoms with Gasteiger partial charge in [0.05, 0.1) is 29.5 Å². The van der Waals surface area contributed by atoms with Crippen LogP contribution in [0.25, 0.3) is 0 Å². The number of alkyl halides is 3. The van der Waals surface area contributed by atoms with E-state index in [0.717, 1.165) is 29.9 Å². The number of amides is 3. The number of likely N-dealkylation sites (tertiary alicyclic amines) is 1. The van der Waals surface area contributed by atoms with Crippen molar-refractivity contribution in [3.8, 4) is 5.75 Å². The van der Waals surface area contributed by atoms with Crippen molar-refractivity contribution in [1.29, 1.82) is 0 Å². The van der Waals surface area contributed by atoms with Crippen LogP contribution in [-0.2, 0) is 20.4 Å². The van der Waals surface area contributed by atoms with Crippen LogP contribution in [0.1, 0.15) is 68.8 Å². The number of fused-ring (bicyclic) bond motifs is 1. The number of carbonyl (C=O) groups is 3. The van der Waals surface area contributed by atoms with E-state index in [2.05, 4.69) is 0 Å². The Labute approximate surface area is 242 Å². The minimum absolute atomic E-state index is 0.00334. The first-order chi connectivity index (χ1) is 19.8. The summed E-state index contributed by atoms with van der Waals surface area (Å²) in [6, 6.07) is 0.622. The first kappa shape index (κ1) is 31.8. The summed E-state index contributed by atoms with van der Waals surface area (Å²) in [7, 11) is 0. The smallest absolute Gasteiger partial charge is 0.417 e. The summed E-state index contributed by atoms with van der Waals surface area (Å²) in [6.45, 7) is 5.24. The van der Waals surface area contributed by atoms with E-state index in [1.54, 1.807) is 13.8 Å². The molecule has 3 atom stereocenters. The van der Waals surface area contributed by atoms with Crippen LogP contribution in [0.4, 0.5) is 23.7 Å². The fraction of sp³-hybridized carbons (Fsp3) is 0.679. The van der Waals surface area contributed by atoms with E-state index in [9.17, 15) is 32.7 Å². The highest BCUT2D eigenvalue weighted by Crippen LogP contribution is 2.44. The Morgan fingerprint density at radius 3 is 2.57 bits per heavy atom. The van der Waals surface area contributed by atoms with E-state index in [0.29, 0.717) is 25.9 Å². The third-order valence-corrected chi connectivity index (χ3v) is 7.85. The van der Waals surface area contributed by atoms with Gasteiger partial charge in [0.1, 0.15) is 5.75 Å². The lowest BCUT2D eigenvalue weighted by Crippen LogP contribution is -2.58. The van der Waals surface area contributed by atoms with Crippen molar-refractivity contribution in [2.45, 2.75) is 83.0 Å². The molecule has 1 aromatic rings. The second-order valence-electron chi connectivity index (χ2n) is 11.4. The van der Waals surface area contributed by atoms with Gasteiger partial charge in [-0.1, -0.05) is 0 Å². The third-order valence-electron chi connectivity index (χ3n) is 7.85. The molecule has 0 saturated carbocycles.